The Bertz CT molecular complexity index is 609. The third-order valence-electron chi connectivity index (χ3n) is 3.70. The number of benzene rings is 1. The summed E-state index contributed by atoms with van der Waals surface area (Å²) in [5.41, 5.74) is 0.815. The highest BCUT2D eigenvalue weighted by Gasteiger charge is 2.28. The normalized spacial score (nSPS) is 24.6. The number of carbonyl (C=O) groups is 1. The molecular weight excluding hydrogens is 287 g/mol. The van der Waals surface area contributed by atoms with Gasteiger partial charge in [-0.1, -0.05) is 19.1 Å². The number of halogens is 1. The zero-order valence-corrected chi connectivity index (χ0v) is 12.7. The van der Waals surface area contributed by atoms with E-state index in [9.17, 15) is 9.18 Å². The van der Waals surface area contributed by atoms with Crippen LogP contribution in [0.15, 0.2) is 34.2 Å². The van der Waals surface area contributed by atoms with E-state index < -0.39 is 0 Å². The SMILES string of the molecule is C[C@@H]1CCCN(C2=NC(=O)/C(=C/c3ccc(F)cc3)S2)C1. The predicted molar refractivity (Wildman–Crippen MR) is 84.4 cm³/mol. The van der Waals surface area contributed by atoms with Crippen LogP contribution >= 0.6 is 11.8 Å². The summed E-state index contributed by atoms with van der Waals surface area (Å²) in [6.45, 7) is 4.15. The van der Waals surface area contributed by atoms with Crippen molar-refractivity contribution in [1.82, 2.24) is 4.90 Å². The summed E-state index contributed by atoms with van der Waals surface area (Å²) in [6.07, 6.45) is 4.16. The molecule has 0 N–H and O–H groups in total. The second-order valence-corrected chi connectivity index (χ2v) is 6.56. The van der Waals surface area contributed by atoms with Crippen LogP contribution in [0.1, 0.15) is 25.3 Å². The van der Waals surface area contributed by atoms with Crippen LogP contribution in [0, 0.1) is 11.7 Å². The van der Waals surface area contributed by atoms with Crippen LogP contribution in [0.4, 0.5) is 4.39 Å². The zero-order valence-electron chi connectivity index (χ0n) is 11.9. The largest absolute Gasteiger partial charge is 0.351 e. The highest BCUT2D eigenvalue weighted by Crippen LogP contribution is 2.32. The van der Waals surface area contributed by atoms with Crippen molar-refractivity contribution in [3.63, 3.8) is 0 Å². The van der Waals surface area contributed by atoms with Gasteiger partial charge in [-0.25, -0.2) is 4.39 Å². The summed E-state index contributed by atoms with van der Waals surface area (Å²) in [4.78, 5) is 19.0. The van der Waals surface area contributed by atoms with E-state index in [2.05, 4.69) is 16.8 Å². The Kier molecular flexibility index (Phi) is 4.10. The fourth-order valence-corrected chi connectivity index (χ4v) is 3.55. The van der Waals surface area contributed by atoms with Crippen molar-refractivity contribution < 1.29 is 9.18 Å². The van der Waals surface area contributed by atoms with Crippen LogP contribution in [0.3, 0.4) is 0 Å². The lowest BCUT2D eigenvalue weighted by Gasteiger charge is -2.31. The first-order valence-electron chi connectivity index (χ1n) is 7.15. The number of nitrogens with zero attached hydrogens (tertiary/aromatic N) is 2. The number of amides is 1. The second kappa shape index (κ2) is 6.02. The Morgan fingerprint density at radius 2 is 2.14 bits per heavy atom. The first kappa shape index (κ1) is 14.3. The van der Waals surface area contributed by atoms with Gasteiger partial charge in [-0.3, -0.25) is 4.79 Å². The fraction of sp³-hybridized carbons (Fsp3) is 0.375. The first-order valence-corrected chi connectivity index (χ1v) is 7.96. The Morgan fingerprint density at radius 1 is 1.38 bits per heavy atom. The molecule has 0 aliphatic carbocycles. The van der Waals surface area contributed by atoms with Crippen LogP contribution in [0.5, 0.6) is 0 Å². The topological polar surface area (TPSA) is 32.7 Å². The summed E-state index contributed by atoms with van der Waals surface area (Å²) in [6, 6.07) is 6.11. The Balaban J connectivity index is 1.73. The lowest BCUT2D eigenvalue weighted by atomic mass is 10.0. The van der Waals surface area contributed by atoms with Gasteiger partial charge < -0.3 is 4.90 Å². The molecule has 2 heterocycles. The van der Waals surface area contributed by atoms with Gasteiger partial charge in [-0.15, -0.1) is 0 Å². The maximum absolute atomic E-state index is 12.9. The molecule has 0 saturated carbocycles. The maximum Gasteiger partial charge on any atom is 0.286 e. The summed E-state index contributed by atoms with van der Waals surface area (Å²) < 4.78 is 12.9. The van der Waals surface area contributed by atoms with E-state index in [-0.39, 0.29) is 11.7 Å². The van der Waals surface area contributed by atoms with Crippen molar-refractivity contribution in [3.8, 4) is 0 Å². The van der Waals surface area contributed by atoms with Crippen molar-refractivity contribution in [1.29, 1.82) is 0 Å². The molecule has 1 saturated heterocycles. The van der Waals surface area contributed by atoms with Gasteiger partial charge in [0.25, 0.3) is 5.91 Å². The minimum Gasteiger partial charge on any atom is -0.351 e. The number of thioether (sulfide) groups is 1. The van der Waals surface area contributed by atoms with E-state index >= 15 is 0 Å². The van der Waals surface area contributed by atoms with Crippen molar-refractivity contribution in [3.05, 3.63) is 40.6 Å². The number of aliphatic imine (C=N–C) groups is 1. The third kappa shape index (κ3) is 3.35. The molecule has 2 aliphatic rings. The van der Waals surface area contributed by atoms with E-state index in [0.717, 1.165) is 30.2 Å². The van der Waals surface area contributed by atoms with Crippen LogP contribution in [-0.2, 0) is 4.79 Å². The molecule has 0 spiro atoms. The number of piperidine rings is 1. The van der Waals surface area contributed by atoms with Gasteiger partial charge in [-0.2, -0.15) is 4.99 Å². The Labute approximate surface area is 127 Å². The average Bonchev–Trinajstić information content (AvgIpc) is 2.83. The van der Waals surface area contributed by atoms with Gasteiger partial charge in [0.15, 0.2) is 5.17 Å². The monoisotopic (exact) mass is 304 g/mol. The van der Waals surface area contributed by atoms with E-state index in [1.54, 1.807) is 18.2 Å². The van der Waals surface area contributed by atoms with E-state index in [1.165, 1.54) is 30.3 Å². The molecule has 1 atom stereocenters. The fourth-order valence-electron chi connectivity index (χ4n) is 2.61. The molecule has 1 amide bonds. The number of rotatable bonds is 1. The van der Waals surface area contributed by atoms with Crippen LogP contribution < -0.4 is 0 Å². The quantitative estimate of drug-likeness (QED) is 0.744. The molecule has 0 aromatic heterocycles. The smallest absolute Gasteiger partial charge is 0.286 e. The predicted octanol–water partition coefficient (Wildman–Crippen LogP) is 3.53. The van der Waals surface area contributed by atoms with E-state index in [4.69, 9.17) is 0 Å². The number of hydrogen-bond donors (Lipinski definition) is 0. The molecule has 5 heteroatoms. The van der Waals surface area contributed by atoms with Crippen LogP contribution in [0.2, 0.25) is 0 Å². The van der Waals surface area contributed by atoms with Crippen molar-refractivity contribution in [2.24, 2.45) is 10.9 Å². The molecule has 0 bridgehead atoms. The standard InChI is InChI=1S/C16H17FN2OS/c1-11-3-2-8-19(10-11)16-18-15(20)14(21-16)9-12-4-6-13(17)7-5-12/h4-7,9,11H,2-3,8,10H2,1H3/b14-9-/t11-/m1/s1. The molecule has 110 valence electrons. The zero-order chi connectivity index (χ0) is 14.8. The lowest BCUT2D eigenvalue weighted by molar-refractivity contribution is -0.113. The van der Waals surface area contributed by atoms with Crippen LogP contribution in [-0.4, -0.2) is 29.1 Å². The average molecular weight is 304 g/mol. The maximum atomic E-state index is 12.9. The van der Waals surface area contributed by atoms with Crippen molar-refractivity contribution in [2.45, 2.75) is 19.8 Å². The highest BCUT2D eigenvalue weighted by molar-refractivity contribution is 8.18. The van der Waals surface area contributed by atoms with Gasteiger partial charge >= 0.3 is 0 Å². The van der Waals surface area contributed by atoms with Crippen LogP contribution in [0.25, 0.3) is 6.08 Å². The lowest BCUT2D eigenvalue weighted by Crippen LogP contribution is -2.37. The van der Waals surface area contributed by atoms with E-state index in [1.807, 2.05) is 0 Å². The third-order valence-corrected chi connectivity index (χ3v) is 4.75. The van der Waals surface area contributed by atoms with Gasteiger partial charge in [0.05, 0.1) is 4.91 Å². The Hall–Kier alpha value is -1.62. The molecule has 3 rings (SSSR count). The second-order valence-electron chi connectivity index (χ2n) is 5.56. The van der Waals surface area contributed by atoms with Crippen molar-refractivity contribution >= 4 is 28.9 Å². The number of carbonyl (C=O) groups excluding carboxylic acids is 1. The van der Waals surface area contributed by atoms with Crippen molar-refractivity contribution in [2.75, 3.05) is 13.1 Å². The van der Waals surface area contributed by atoms with E-state index in [0.29, 0.717) is 10.8 Å². The molecule has 2 aliphatic heterocycles. The summed E-state index contributed by atoms with van der Waals surface area (Å²) in [7, 11) is 0. The Morgan fingerprint density at radius 3 is 2.86 bits per heavy atom. The molecule has 0 radical (unpaired) electrons. The highest BCUT2D eigenvalue weighted by atomic mass is 32.2. The number of hydrogen-bond acceptors (Lipinski definition) is 3. The minimum absolute atomic E-state index is 0.197. The number of likely N-dealkylation sites (tertiary alicyclic amines) is 1. The molecule has 3 nitrogen and oxygen atoms in total. The minimum atomic E-state index is -0.276. The molecular formula is C16H17FN2OS. The molecule has 0 unspecified atom stereocenters. The summed E-state index contributed by atoms with van der Waals surface area (Å²) in [5.74, 6) is 0.168. The summed E-state index contributed by atoms with van der Waals surface area (Å²) in [5, 5.41) is 0.805. The summed E-state index contributed by atoms with van der Waals surface area (Å²) >= 11 is 1.42. The van der Waals surface area contributed by atoms with Gasteiger partial charge in [0, 0.05) is 13.1 Å². The molecule has 1 fully saturated rings. The first-order chi connectivity index (χ1) is 10.1. The van der Waals surface area contributed by atoms with Gasteiger partial charge in [0.2, 0.25) is 0 Å². The number of amidine groups is 1. The van der Waals surface area contributed by atoms with Gasteiger partial charge in [-0.05, 0) is 54.3 Å². The molecule has 1 aromatic rings. The van der Waals surface area contributed by atoms with Gasteiger partial charge in [0.1, 0.15) is 5.82 Å². The molecule has 1 aromatic carbocycles. The molecule has 21 heavy (non-hydrogen) atoms.